The zero-order valence-electron chi connectivity index (χ0n) is 15.5. The fourth-order valence-corrected chi connectivity index (χ4v) is 3.75. The molecule has 7 heteroatoms. The van der Waals surface area contributed by atoms with Gasteiger partial charge in [0.2, 0.25) is 0 Å². The van der Waals surface area contributed by atoms with Gasteiger partial charge in [-0.1, -0.05) is 6.07 Å². The van der Waals surface area contributed by atoms with Crippen molar-refractivity contribution in [2.75, 3.05) is 27.2 Å². The standard InChI is InChI=1S/C20H22N2O4S/c1-13-9-20(24)26-17-10-14(6-7-15(13)17)25-12-19(23)21-11-16(22(2)3)18-5-4-8-27-18/h4-10,16H,11-12H2,1-3H3,(H,21,23)/t16-/m1/s1. The Morgan fingerprint density at radius 2 is 2.11 bits per heavy atom. The topological polar surface area (TPSA) is 71.8 Å². The van der Waals surface area contributed by atoms with Gasteiger partial charge in [-0.15, -0.1) is 11.3 Å². The van der Waals surface area contributed by atoms with Crippen LogP contribution in [0.3, 0.4) is 0 Å². The van der Waals surface area contributed by atoms with Crippen molar-refractivity contribution in [2.24, 2.45) is 0 Å². The maximum absolute atomic E-state index is 12.2. The summed E-state index contributed by atoms with van der Waals surface area (Å²) >= 11 is 1.66. The predicted octanol–water partition coefficient (Wildman–Crippen LogP) is 2.96. The maximum Gasteiger partial charge on any atom is 0.336 e. The van der Waals surface area contributed by atoms with Crippen molar-refractivity contribution < 1.29 is 13.9 Å². The number of carbonyl (C=O) groups excluding carboxylic acids is 1. The normalized spacial score (nSPS) is 12.3. The van der Waals surface area contributed by atoms with Crippen molar-refractivity contribution in [3.05, 3.63) is 62.6 Å². The van der Waals surface area contributed by atoms with Crippen LogP contribution in [0.15, 0.2) is 51.0 Å². The molecule has 0 saturated carbocycles. The summed E-state index contributed by atoms with van der Waals surface area (Å²) in [6, 6.07) is 10.8. The monoisotopic (exact) mass is 386 g/mol. The van der Waals surface area contributed by atoms with E-state index < -0.39 is 5.63 Å². The molecule has 0 radical (unpaired) electrons. The average molecular weight is 386 g/mol. The van der Waals surface area contributed by atoms with Crippen LogP contribution in [0, 0.1) is 6.92 Å². The molecule has 2 heterocycles. The van der Waals surface area contributed by atoms with E-state index in [2.05, 4.69) is 16.3 Å². The molecule has 0 bridgehead atoms. The highest BCUT2D eigenvalue weighted by Crippen LogP contribution is 2.23. The van der Waals surface area contributed by atoms with Crippen LogP contribution in [-0.4, -0.2) is 38.1 Å². The molecule has 0 aliphatic heterocycles. The molecule has 3 aromatic rings. The quantitative estimate of drug-likeness (QED) is 0.632. The van der Waals surface area contributed by atoms with E-state index in [0.717, 1.165) is 10.9 Å². The van der Waals surface area contributed by atoms with E-state index in [1.807, 2.05) is 38.5 Å². The number of rotatable bonds is 7. The highest BCUT2D eigenvalue weighted by molar-refractivity contribution is 7.10. The van der Waals surface area contributed by atoms with E-state index in [0.29, 0.717) is 17.9 Å². The Bertz CT molecular complexity index is 979. The minimum atomic E-state index is -0.404. The van der Waals surface area contributed by atoms with Gasteiger partial charge in [0, 0.05) is 28.9 Å². The minimum Gasteiger partial charge on any atom is -0.484 e. The van der Waals surface area contributed by atoms with Crippen LogP contribution in [0.5, 0.6) is 5.75 Å². The first-order valence-electron chi connectivity index (χ1n) is 8.58. The van der Waals surface area contributed by atoms with Gasteiger partial charge in [-0.2, -0.15) is 0 Å². The molecule has 0 fully saturated rings. The van der Waals surface area contributed by atoms with Gasteiger partial charge >= 0.3 is 5.63 Å². The molecule has 2 aromatic heterocycles. The summed E-state index contributed by atoms with van der Waals surface area (Å²) in [6.45, 7) is 2.25. The number of hydrogen-bond donors (Lipinski definition) is 1. The third-order valence-electron chi connectivity index (χ3n) is 4.28. The largest absolute Gasteiger partial charge is 0.484 e. The summed E-state index contributed by atoms with van der Waals surface area (Å²) in [5, 5.41) is 5.77. The van der Waals surface area contributed by atoms with Gasteiger partial charge in [0.05, 0.1) is 6.04 Å². The molecular weight excluding hydrogens is 364 g/mol. The van der Waals surface area contributed by atoms with Gasteiger partial charge in [-0.3, -0.25) is 4.79 Å². The zero-order valence-corrected chi connectivity index (χ0v) is 16.3. The third-order valence-corrected chi connectivity index (χ3v) is 5.25. The Kier molecular flexibility index (Phi) is 5.93. The summed E-state index contributed by atoms with van der Waals surface area (Å²) < 4.78 is 10.8. The van der Waals surface area contributed by atoms with Gasteiger partial charge in [0.25, 0.3) is 5.91 Å². The molecule has 0 aliphatic carbocycles. The molecule has 0 spiro atoms. The Morgan fingerprint density at radius 3 is 2.81 bits per heavy atom. The number of hydrogen-bond acceptors (Lipinski definition) is 6. The number of fused-ring (bicyclic) bond motifs is 1. The van der Waals surface area contributed by atoms with Gasteiger partial charge in [0.15, 0.2) is 6.61 Å². The Balaban J connectivity index is 1.59. The molecule has 1 N–H and O–H groups in total. The number of ether oxygens (including phenoxy) is 1. The number of amides is 1. The number of nitrogens with one attached hydrogen (secondary N) is 1. The summed E-state index contributed by atoms with van der Waals surface area (Å²) in [5.41, 5.74) is 0.885. The van der Waals surface area contributed by atoms with Crippen molar-refractivity contribution in [2.45, 2.75) is 13.0 Å². The summed E-state index contributed by atoms with van der Waals surface area (Å²) in [4.78, 5) is 26.9. The number of carbonyl (C=O) groups is 1. The molecule has 27 heavy (non-hydrogen) atoms. The lowest BCUT2D eigenvalue weighted by Crippen LogP contribution is -2.36. The van der Waals surface area contributed by atoms with Gasteiger partial charge in [-0.25, -0.2) is 4.79 Å². The Morgan fingerprint density at radius 1 is 1.30 bits per heavy atom. The molecule has 0 aliphatic rings. The minimum absolute atomic E-state index is 0.105. The van der Waals surface area contributed by atoms with Crippen molar-refractivity contribution >= 4 is 28.2 Å². The molecule has 1 atom stereocenters. The molecule has 1 amide bonds. The number of thiophene rings is 1. The van der Waals surface area contributed by atoms with Crippen LogP contribution < -0.4 is 15.7 Å². The first-order valence-corrected chi connectivity index (χ1v) is 9.46. The third kappa shape index (κ3) is 4.75. The van der Waals surface area contributed by atoms with Crippen molar-refractivity contribution in [3.63, 3.8) is 0 Å². The van der Waals surface area contributed by atoms with E-state index in [1.165, 1.54) is 10.9 Å². The van der Waals surface area contributed by atoms with E-state index >= 15 is 0 Å². The van der Waals surface area contributed by atoms with E-state index in [1.54, 1.807) is 23.5 Å². The Hall–Kier alpha value is -2.64. The van der Waals surface area contributed by atoms with Crippen LogP contribution in [0.25, 0.3) is 11.0 Å². The molecular formula is C20H22N2O4S. The van der Waals surface area contributed by atoms with Crippen LogP contribution in [0.1, 0.15) is 16.5 Å². The lowest BCUT2D eigenvalue weighted by molar-refractivity contribution is -0.123. The number of likely N-dealkylation sites (N-methyl/N-ethyl adjacent to an activating group) is 1. The van der Waals surface area contributed by atoms with Crippen molar-refractivity contribution in [1.82, 2.24) is 10.2 Å². The van der Waals surface area contributed by atoms with Crippen LogP contribution in [0.4, 0.5) is 0 Å². The van der Waals surface area contributed by atoms with Gasteiger partial charge in [0.1, 0.15) is 11.3 Å². The molecule has 1 aromatic carbocycles. The lowest BCUT2D eigenvalue weighted by atomic mass is 10.1. The second-order valence-electron chi connectivity index (χ2n) is 6.49. The summed E-state index contributed by atoms with van der Waals surface area (Å²) in [7, 11) is 3.97. The van der Waals surface area contributed by atoms with Crippen molar-refractivity contribution in [3.8, 4) is 5.75 Å². The summed E-state index contributed by atoms with van der Waals surface area (Å²) in [6.07, 6.45) is 0. The lowest BCUT2D eigenvalue weighted by Gasteiger charge is -2.23. The molecule has 0 unspecified atom stereocenters. The molecule has 142 valence electrons. The number of aryl methyl sites for hydroxylation is 1. The van der Waals surface area contributed by atoms with Crippen LogP contribution >= 0.6 is 11.3 Å². The Labute approximate surface area is 161 Å². The fraction of sp³-hybridized carbons (Fsp3) is 0.300. The first-order chi connectivity index (χ1) is 12.9. The zero-order chi connectivity index (χ0) is 19.4. The molecule has 0 saturated heterocycles. The van der Waals surface area contributed by atoms with Crippen molar-refractivity contribution in [1.29, 1.82) is 0 Å². The fourth-order valence-electron chi connectivity index (χ4n) is 2.82. The van der Waals surface area contributed by atoms with Gasteiger partial charge in [-0.05, 0) is 50.2 Å². The van der Waals surface area contributed by atoms with E-state index in [9.17, 15) is 9.59 Å². The predicted molar refractivity (Wildman–Crippen MR) is 106 cm³/mol. The van der Waals surface area contributed by atoms with E-state index in [4.69, 9.17) is 9.15 Å². The number of benzene rings is 1. The average Bonchev–Trinajstić information content (AvgIpc) is 3.13. The second-order valence-corrected chi connectivity index (χ2v) is 7.47. The summed E-state index contributed by atoms with van der Waals surface area (Å²) in [5.74, 6) is 0.276. The smallest absolute Gasteiger partial charge is 0.336 e. The number of nitrogens with zero attached hydrogens (tertiary/aromatic N) is 1. The second kappa shape index (κ2) is 8.37. The highest BCUT2D eigenvalue weighted by atomic mass is 32.1. The SMILES string of the molecule is Cc1cc(=O)oc2cc(OCC(=O)NC[C@H](c3cccs3)N(C)C)ccc12. The maximum atomic E-state index is 12.2. The first kappa shape index (κ1) is 19.1. The van der Waals surface area contributed by atoms with Crippen LogP contribution in [0.2, 0.25) is 0 Å². The van der Waals surface area contributed by atoms with E-state index in [-0.39, 0.29) is 18.6 Å². The highest BCUT2D eigenvalue weighted by Gasteiger charge is 2.16. The van der Waals surface area contributed by atoms with Gasteiger partial charge < -0.3 is 19.4 Å². The van der Waals surface area contributed by atoms with Crippen LogP contribution in [-0.2, 0) is 4.79 Å². The molecule has 6 nitrogen and oxygen atoms in total. The molecule has 3 rings (SSSR count).